The molecule has 0 spiro atoms. The molecule has 1 aliphatic carbocycles. The summed E-state index contributed by atoms with van der Waals surface area (Å²) >= 11 is 0. The van der Waals surface area contributed by atoms with Gasteiger partial charge in [0, 0.05) is 18.5 Å². The first-order valence-corrected chi connectivity index (χ1v) is 8.01. The Morgan fingerprint density at radius 1 is 1.26 bits per heavy atom. The summed E-state index contributed by atoms with van der Waals surface area (Å²) < 4.78 is 1.25. The fourth-order valence-electron chi connectivity index (χ4n) is 2.94. The van der Waals surface area contributed by atoms with Gasteiger partial charge in [-0.05, 0) is 37.8 Å². The normalized spacial score (nSPS) is 21.3. The Balaban J connectivity index is 1.59. The number of benzene rings is 1. The lowest BCUT2D eigenvalue weighted by molar-refractivity contribution is -0.122. The van der Waals surface area contributed by atoms with Crippen LogP contribution >= 0.6 is 0 Å². The van der Waals surface area contributed by atoms with Crippen LogP contribution in [-0.2, 0) is 11.3 Å². The van der Waals surface area contributed by atoms with Crippen molar-refractivity contribution < 1.29 is 4.79 Å². The molecule has 3 N–H and O–H groups in total. The molecule has 2 aromatic rings. The van der Waals surface area contributed by atoms with Crippen LogP contribution in [0.2, 0.25) is 0 Å². The van der Waals surface area contributed by atoms with E-state index in [9.17, 15) is 9.59 Å². The lowest BCUT2D eigenvalue weighted by Gasteiger charge is -2.26. The van der Waals surface area contributed by atoms with E-state index in [0.29, 0.717) is 10.9 Å². The van der Waals surface area contributed by atoms with Gasteiger partial charge in [-0.3, -0.25) is 9.59 Å². The lowest BCUT2D eigenvalue weighted by Crippen LogP contribution is -2.41. The van der Waals surface area contributed by atoms with Gasteiger partial charge in [0.15, 0.2) is 0 Å². The Morgan fingerprint density at radius 3 is 2.78 bits per heavy atom. The average Bonchev–Trinajstić information content (AvgIpc) is 2.57. The molecule has 0 unspecified atom stereocenters. The number of hydrogen-bond donors (Lipinski definition) is 2. The number of aryl methyl sites for hydroxylation is 1. The summed E-state index contributed by atoms with van der Waals surface area (Å²) in [7, 11) is 0. The fraction of sp³-hybridized carbons (Fsp3) is 0.500. The smallest absolute Gasteiger partial charge is 0.277 e. The Bertz CT molecular complexity index is 749. The molecular formula is C16H21N5O2. The Morgan fingerprint density at radius 2 is 2.00 bits per heavy atom. The van der Waals surface area contributed by atoms with Gasteiger partial charge in [-0.1, -0.05) is 17.3 Å². The van der Waals surface area contributed by atoms with Crippen LogP contribution in [0.3, 0.4) is 0 Å². The minimum absolute atomic E-state index is 0.0627. The number of hydrogen-bond acceptors (Lipinski definition) is 5. The molecule has 0 bridgehead atoms. The molecule has 23 heavy (non-hydrogen) atoms. The van der Waals surface area contributed by atoms with Gasteiger partial charge in [-0.25, -0.2) is 4.68 Å². The van der Waals surface area contributed by atoms with Crippen molar-refractivity contribution in [1.29, 1.82) is 0 Å². The van der Waals surface area contributed by atoms with Gasteiger partial charge in [-0.2, -0.15) is 0 Å². The van der Waals surface area contributed by atoms with E-state index in [2.05, 4.69) is 15.6 Å². The largest absolute Gasteiger partial charge is 0.353 e. The molecule has 1 aromatic heterocycles. The molecule has 1 saturated carbocycles. The van der Waals surface area contributed by atoms with Crippen LogP contribution in [0.5, 0.6) is 0 Å². The Hall–Kier alpha value is -2.28. The SMILES string of the molecule is NC1CCC(NC(=O)CCn2nnc3ccccc3c2=O)CC1. The molecule has 0 aliphatic heterocycles. The van der Waals surface area contributed by atoms with Crippen LogP contribution in [0.15, 0.2) is 29.1 Å². The highest BCUT2D eigenvalue weighted by molar-refractivity contribution is 5.77. The molecule has 1 heterocycles. The van der Waals surface area contributed by atoms with Crippen molar-refractivity contribution in [3.05, 3.63) is 34.6 Å². The van der Waals surface area contributed by atoms with Crippen LogP contribution in [-0.4, -0.2) is 33.0 Å². The molecule has 7 heteroatoms. The quantitative estimate of drug-likeness (QED) is 0.858. The molecule has 1 amide bonds. The van der Waals surface area contributed by atoms with Crippen molar-refractivity contribution in [2.24, 2.45) is 5.73 Å². The summed E-state index contributed by atoms with van der Waals surface area (Å²) in [6.45, 7) is 0.231. The van der Waals surface area contributed by atoms with Crippen molar-refractivity contribution in [2.75, 3.05) is 0 Å². The predicted octanol–water partition coefficient (Wildman–Crippen LogP) is 0.568. The topological polar surface area (TPSA) is 103 Å². The van der Waals surface area contributed by atoms with Crippen molar-refractivity contribution in [1.82, 2.24) is 20.3 Å². The fourth-order valence-corrected chi connectivity index (χ4v) is 2.94. The maximum atomic E-state index is 12.3. The predicted molar refractivity (Wildman–Crippen MR) is 86.8 cm³/mol. The van der Waals surface area contributed by atoms with Gasteiger partial charge >= 0.3 is 0 Å². The van der Waals surface area contributed by atoms with Gasteiger partial charge < -0.3 is 11.1 Å². The van der Waals surface area contributed by atoms with Crippen molar-refractivity contribution in [2.45, 2.75) is 50.7 Å². The third-order valence-electron chi connectivity index (χ3n) is 4.32. The van der Waals surface area contributed by atoms with Crippen molar-refractivity contribution in [3.63, 3.8) is 0 Å². The first-order valence-electron chi connectivity index (χ1n) is 8.01. The summed E-state index contributed by atoms with van der Waals surface area (Å²) in [6, 6.07) is 7.51. The van der Waals surface area contributed by atoms with E-state index in [0.717, 1.165) is 25.7 Å². The Kier molecular flexibility index (Phi) is 4.66. The molecule has 1 fully saturated rings. The second kappa shape index (κ2) is 6.87. The lowest BCUT2D eigenvalue weighted by atomic mass is 9.92. The standard InChI is InChI=1S/C16H21N5O2/c17-11-5-7-12(8-6-11)18-15(22)9-10-21-16(23)13-3-1-2-4-14(13)19-20-21/h1-4,11-12H,5-10,17H2,(H,18,22). The van der Waals surface area contributed by atoms with E-state index in [1.807, 2.05) is 6.07 Å². The molecule has 122 valence electrons. The number of aromatic nitrogens is 3. The van der Waals surface area contributed by atoms with Gasteiger partial charge in [0.2, 0.25) is 5.91 Å². The number of nitrogens with zero attached hydrogens (tertiary/aromatic N) is 3. The molecular weight excluding hydrogens is 294 g/mol. The zero-order chi connectivity index (χ0) is 16.2. The van der Waals surface area contributed by atoms with Crippen LogP contribution in [0.25, 0.3) is 10.9 Å². The number of carbonyl (C=O) groups is 1. The van der Waals surface area contributed by atoms with E-state index < -0.39 is 0 Å². The zero-order valence-corrected chi connectivity index (χ0v) is 12.9. The van der Waals surface area contributed by atoms with Crippen LogP contribution in [0.4, 0.5) is 0 Å². The monoisotopic (exact) mass is 315 g/mol. The first-order chi connectivity index (χ1) is 11.1. The summed E-state index contributed by atoms with van der Waals surface area (Å²) in [4.78, 5) is 24.3. The summed E-state index contributed by atoms with van der Waals surface area (Å²) in [6.07, 6.45) is 3.95. The van der Waals surface area contributed by atoms with Gasteiger partial charge in [0.05, 0.1) is 11.9 Å². The Labute approximate surface area is 133 Å². The molecule has 0 radical (unpaired) electrons. The van der Waals surface area contributed by atoms with Gasteiger partial charge in [0.1, 0.15) is 5.52 Å². The van der Waals surface area contributed by atoms with Crippen molar-refractivity contribution >= 4 is 16.8 Å². The molecule has 3 rings (SSSR count). The van der Waals surface area contributed by atoms with Gasteiger partial charge in [-0.15, -0.1) is 5.10 Å². The van der Waals surface area contributed by atoms with Crippen LogP contribution in [0.1, 0.15) is 32.1 Å². The third kappa shape index (κ3) is 3.73. The number of carbonyl (C=O) groups excluding carboxylic acids is 1. The number of nitrogens with two attached hydrogens (primary N) is 1. The first kappa shape index (κ1) is 15.6. The van der Waals surface area contributed by atoms with Crippen LogP contribution < -0.4 is 16.6 Å². The zero-order valence-electron chi connectivity index (χ0n) is 12.9. The highest BCUT2D eigenvalue weighted by Crippen LogP contribution is 2.16. The van der Waals surface area contributed by atoms with Crippen molar-refractivity contribution in [3.8, 4) is 0 Å². The third-order valence-corrected chi connectivity index (χ3v) is 4.32. The average molecular weight is 315 g/mol. The molecule has 1 aromatic carbocycles. The highest BCUT2D eigenvalue weighted by Gasteiger charge is 2.20. The number of fused-ring (bicyclic) bond motifs is 1. The highest BCUT2D eigenvalue weighted by atomic mass is 16.2. The maximum Gasteiger partial charge on any atom is 0.277 e. The number of rotatable bonds is 4. The minimum Gasteiger partial charge on any atom is -0.353 e. The molecule has 7 nitrogen and oxygen atoms in total. The van der Waals surface area contributed by atoms with E-state index >= 15 is 0 Å². The van der Waals surface area contributed by atoms with Gasteiger partial charge in [0.25, 0.3) is 5.56 Å². The van der Waals surface area contributed by atoms with E-state index in [1.165, 1.54) is 4.68 Å². The molecule has 0 atom stereocenters. The molecule has 0 saturated heterocycles. The number of amides is 1. The second-order valence-electron chi connectivity index (χ2n) is 6.06. The van der Waals surface area contributed by atoms with E-state index in [-0.39, 0.29) is 36.5 Å². The summed E-state index contributed by atoms with van der Waals surface area (Å²) in [5, 5.41) is 11.4. The number of nitrogens with one attached hydrogen (secondary N) is 1. The summed E-state index contributed by atoms with van der Waals surface area (Å²) in [5.41, 5.74) is 6.21. The van der Waals surface area contributed by atoms with E-state index in [1.54, 1.807) is 18.2 Å². The summed E-state index contributed by atoms with van der Waals surface area (Å²) in [5.74, 6) is -0.0627. The maximum absolute atomic E-state index is 12.3. The van der Waals surface area contributed by atoms with E-state index in [4.69, 9.17) is 5.73 Å². The second-order valence-corrected chi connectivity index (χ2v) is 6.06. The van der Waals surface area contributed by atoms with Crippen LogP contribution in [0, 0.1) is 0 Å². The molecule has 1 aliphatic rings. The minimum atomic E-state index is -0.216.